The molecule has 6 heteroatoms. The van der Waals surface area contributed by atoms with Gasteiger partial charge >= 0.3 is 5.97 Å². The van der Waals surface area contributed by atoms with Gasteiger partial charge < -0.3 is 20.5 Å². The molecule has 1 spiro atoms. The fourth-order valence-electron chi connectivity index (χ4n) is 3.57. The van der Waals surface area contributed by atoms with Crippen LogP contribution in [0, 0.1) is 0 Å². The van der Waals surface area contributed by atoms with Crippen LogP contribution in [0.5, 0.6) is 0 Å². The molecule has 2 aromatic carbocycles. The minimum Gasteiger partial charge on any atom is -0.478 e. The second kappa shape index (κ2) is 6.80. The SMILES string of the molecule is O=C(O)c1ccccc1CN=C1Nc2ccccc2NC12CCOCC2. The first-order chi connectivity index (χ1) is 12.7. The van der Waals surface area contributed by atoms with Crippen LogP contribution in [0.15, 0.2) is 53.5 Å². The first kappa shape index (κ1) is 16.6. The van der Waals surface area contributed by atoms with Gasteiger partial charge in [0, 0.05) is 26.1 Å². The summed E-state index contributed by atoms with van der Waals surface area (Å²) in [6, 6.07) is 15.0. The minimum atomic E-state index is -0.929. The van der Waals surface area contributed by atoms with Crippen LogP contribution in [0.3, 0.4) is 0 Å². The molecule has 2 aromatic rings. The molecule has 2 aliphatic heterocycles. The number of nitrogens with zero attached hydrogens (tertiary/aromatic N) is 1. The van der Waals surface area contributed by atoms with E-state index in [9.17, 15) is 9.90 Å². The van der Waals surface area contributed by atoms with Crippen molar-refractivity contribution in [2.24, 2.45) is 4.99 Å². The van der Waals surface area contributed by atoms with E-state index in [-0.39, 0.29) is 5.54 Å². The zero-order valence-corrected chi connectivity index (χ0v) is 14.4. The Balaban J connectivity index is 1.69. The van der Waals surface area contributed by atoms with Crippen molar-refractivity contribution in [3.05, 3.63) is 59.7 Å². The number of amidine groups is 1. The summed E-state index contributed by atoms with van der Waals surface area (Å²) in [5.41, 5.74) is 2.73. The number of ether oxygens (including phenoxy) is 1. The van der Waals surface area contributed by atoms with Gasteiger partial charge in [-0.15, -0.1) is 0 Å². The Morgan fingerprint density at radius 1 is 1.08 bits per heavy atom. The van der Waals surface area contributed by atoms with Crippen molar-refractivity contribution in [2.75, 3.05) is 23.8 Å². The van der Waals surface area contributed by atoms with Gasteiger partial charge in [0.15, 0.2) is 0 Å². The molecule has 0 radical (unpaired) electrons. The summed E-state index contributed by atoms with van der Waals surface area (Å²) in [6.45, 7) is 1.65. The molecular formula is C20H21N3O3. The van der Waals surface area contributed by atoms with E-state index >= 15 is 0 Å². The van der Waals surface area contributed by atoms with Crippen LogP contribution in [0.2, 0.25) is 0 Å². The van der Waals surface area contributed by atoms with Gasteiger partial charge in [0.25, 0.3) is 0 Å². The molecule has 0 unspecified atom stereocenters. The third-order valence-electron chi connectivity index (χ3n) is 5.01. The maximum Gasteiger partial charge on any atom is 0.336 e. The summed E-state index contributed by atoms with van der Waals surface area (Å²) in [6.07, 6.45) is 1.63. The maximum atomic E-state index is 11.4. The lowest BCUT2D eigenvalue weighted by atomic mass is 9.86. The Labute approximate surface area is 151 Å². The van der Waals surface area contributed by atoms with Gasteiger partial charge in [-0.25, -0.2) is 4.79 Å². The fourth-order valence-corrected chi connectivity index (χ4v) is 3.57. The number of benzene rings is 2. The average molecular weight is 351 g/mol. The van der Waals surface area contributed by atoms with Crippen molar-refractivity contribution in [1.29, 1.82) is 0 Å². The number of carboxylic acids is 1. The number of aliphatic imine (C=N–C) groups is 1. The fraction of sp³-hybridized carbons (Fsp3) is 0.300. The highest BCUT2D eigenvalue weighted by atomic mass is 16.5. The van der Waals surface area contributed by atoms with Crippen LogP contribution in [-0.2, 0) is 11.3 Å². The predicted molar refractivity (Wildman–Crippen MR) is 101 cm³/mol. The number of aromatic carboxylic acids is 1. The number of rotatable bonds is 3. The number of carboxylic acid groups (broad SMARTS) is 1. The van der Waals surface area contributed by atoms with E-state index < -0.39 is 5.97 Å². The highest BCUT2D eigenvalue weighted by Crippen LogP contribution is 2.36. The molecule has 0 aromatic heterocycles. The molecule has 134 valence electrons. The molecule has 6 nitrogen and oxygen atoms in total. The summed E-state index contributed by atoms with van der Waals surface area (Å²) in [5.74, 6) is -0.0821. The van der Waals surface area contributed by atoms with Gasteiger partial charge in [-0.1, -0.05) is 30.3 Å². The van der Waals surface area contributed by atoms with Crippen molar-refractivity contribution in [3.8, 4) is 0 Å². The van der Waals surface area contributed by atoms with E-state index in [2.05, 4.69) is 16.7 Å². The molecule has 0 saturated carbocycles. The van der Waals surface area contributed by atoms with Gasteiger partial charge in [0.05, 0.1) is 29.0 Å². The van der Waals surface area contributed by atoms with Crippen LogP contribution >= 0.6 is 0 Å². The molecule has 1 saturated heterocycles. The van der Waals surface area contributed by atoms with Gasteiger partial charge in [0.2, 0.25) is 0 Å². The van der Waals surface area contributed by atoms with E-state index in [4.69, 9.17) is 9.73 Å². The lowest BCUT2D eigenvalue weighted by Crippen LogP contribution is -2.55. The lowest BCUT2D eigenvalue weighted by Gasteiger charge is -2.43. The largest absolute Gasteiger partial charge is 0.478 e. The van der Waals surface area contributed by atoms with E-state index in [1.807, 2.05) is 30.3 Å². The molecule has 0 amide bonds. The monoisotopic (exact) mass is 351 g/mol. The Morgan fingerprint density at radius 3 is 2.54 bits per heavy atom. The van der Waals surface area contributed by atoms with Crippen LogP contribution in [0.1, 0.15) is 28.8 Å². The topological polar surface area (TPSA) is 83.0 Å². The molecule has 2 aliphatic rings. The van der Waals surface area contributed by atoms with Gasteiger partial charge in [0.1, 0.15) is 5.84 Å². The molecule has 2 heterocycles. The zero-order valence-electron chi connectivity index (χ0n) is 14.4. The summed E-state index contributed by atoms with van der Waals surface area (Å²) >= 11 is 0. The summed E-state index contributed by atoms with van der Waals surface area (Å²) in [4.78, 5) is 16.2. The van der Waals surface area contributed by atoms with Crippen LogP contribution < -0.4 is 10.6 Å². The zero-order chi connectivity index (χ0) is 18.0. The van der Waals surface area contributed by atoms with E-state index in [0.29, 0.717) is 30.9 Å². The summed E-state index contributed by atoms with van der Waals surface area (Å²) < 4.78 is 5.55. The molecular weight excluding hydrogens is 330 g/mol. The Bertz CT molecular complexity index is 857. The van der Waals surface area contributed by atoms with Crippen molar-refractivity contribution in [3.63, 3.8) is 0 Å². The summed E-state index contributed by atoms with van der Waals surface area (Å²) in [5, 5.41) is 16.5. The Morgan fingerprint density at radius 2 is 1.77 bits per heavy atom. The average Bonchev–Trinajstić information content (AvgIpc) is 2.67. The van der Waals surface area contributed by atoms with E-state index in [1.165, 1.54) is 0 Å². The van der Waals surface area contributed by atoms with Crippen LogP contribution in [-0.4, -0.2) is 35.7 Å². The van der Waals surface area contributed by atoms with Crippen molar-refractivity contribution < 1.29 is 14.6 Å². The van der Waals surface area contributed by atoms with Gasteiger partial charge in [-0.05, 0) is 23.8 Å². The highest BCUT2D eigenvalue weighted by Gasteiger charge is 2.41. The molecule has 0 bridgehead atoms. The minimum absolute atomic E-state index is 0.294. The molecule has 1 fully saturated rings. The number of anilines is 2. The number of hydrogen-bond donors (Lipinski definition) is 3. The number of para-hydroxylation sites is 2. The molecule has 3 N–H and O–H groups in total. The van der Waals surface area contributed by atoms with E-state index in [0.717, 1.165) is 30.1 Å². The standard InChI is InChI=1S/C20H21N3O3/c24-18(25)15-6-2-1-5-14(15)13-21-19-20(9-11-26-12-10-20)23-17-8-4-3-7-16(17)22-19/h1-8,23H,9-13H2,(H,21,22)(H,24,25). The van der Waals surface area contributed by atoms with Crippen molar-refractivity contribution in [1.82, 2.24) is 0 Å². The Hall–Kier alpha value is -2.86. The lowest BCUT2D eigenvalue weighted by molar-refractivity contribution is 0.0695. The maximum absolute atomic E-state index is 11.4. The second-order valence-electron chi connectivity index (χ2n) is 6.62. The Kier molecular flexibility index (Phi) is 4.34. The molecule has 0 aliphatic carbocycles. The quantitative estimate of drug-likeness (QED) is 0.790. The molecule has 4 rings (SSSR count). The molecule has 0 atom stereocenters. The van der Waals surface area contributed by atoms with Crippen LogP contribution in [0.4, 0.5) is 11.4 Å². The molecule has 26 heavy (non-hydrogen) atoms. The van der Waals surface area contributed by atoms with Gasteiger partial charge in [-0.3, -0.25) is 4.99 Å². The van der Waals surface area contributed by atoms with Crippen LogP contribution in [0.25, 0.3) is 0 Å². The number of carbonyl (C=O) groups is 1. The normalized spacial score (nSPS) is 19.5. The summed E-state index contributed by atoms with van der Waals surface area (Å²) in [7, 11) is 0. The van der Waals surface area contributed by atoms with Gasteiger partial charge in [-0.2, -0.15) is 0 Å². The third-order valence-corrected chi connectivity index (χ3v) is 5.01. The second-order valence-corrected chi connectivity index (χ2v) is 6.62. The van der Waals surface area contributed by atoms with Crippen molar-refractivity contribution >= 4 is 23.2 Å². The highest BCUT2D eigenvalue weighted by molar-refractivity contribution is 6.09. The van der Waals surface area contributed by atoms with Crippen molar-refractivity contribution in [2.45, 2.75) is 24.9 Å². The van der Waals surface area contributed by atoms with E-state index in [1.54, 1.807) is 12.1 Å². The predicted octanol–water partition coefficient (Wildman–Crippen LogP) is 3.37. The smallest absolute Gasteiger partial charge is 0.336 e. The first-order valence-electron chi connectivity index (χ1n) is 8.76. The number of nitrogens with one attached hydrogen (secondary N) is 2. The first-order valence-corrected chi connectivity index (χ1v) is 8.76. The number of hydrogen-bond acceptors (Lipinski definition) is 4. The number of fused-ring (bicyclic) bond motifs is 1. The third kappa shape index (κ3) is 3.04.